The number of thioether (sulfide) groups is 1. The van der Waals surface area contributed by atoms with Crippen molar-refractivity contribution in [1.82, 2.24) is 4.90 Å². The second-order valence-electron chi connectivity index (χ2n) is 5.49. The van der Waals surface area contributed by atoms with Crippen molar-refractivity contribution < 1.29 is 4.79 Å². The average Bonchev–Trinajstić information content (AvgIpc) is 3.15. The molecule has 2 aliphatic heterocycles. The fourth-order valence-corrected chi connectivity index (χ4v) is 3.78. The number of anilines is 2. The van der Waals surface area contributed by atoms with Crippen LogP contribution in [-0.4, -0.2) is 42.2 Å². The van der Waals surface area contributed by atoms with Gasteiger partial charge in [0.05, 0.1) is 13.0 Å². The van der Waals surface area contributed by atoms with Crippen LogP contribution in [-0.2, 0) is 4.79 Å². The first-order chi connectivity index (χ1) is 11.2. The number of rotatable bonds is 6. The number of aliphatic imine (C=N–C) groups is 1. The maximum Gasteiger partial charge on any atom is 0.230 e. The predicted molar refractivity (Wildman–Crippen MR) is 97.9 cm³/mol. The number of carbonyl (C=O) groups is 1. The molecule has 5 nitrogen and oxygen atoms in total. The summed E-state index contributed by atoms with van der Waals surface area (Å²) in [6.07, 6.45) is 0.393. The highest BCUT2D eigenvalue weighted by Crippen LogP contribution is 2.31. The van der Waals surface area contributed by atoms with Crippen molar-refractivity contribution in [2.45, 2.75) is 20.3 Å². The first kappa shape index (κ1) is 15.9. The van der Waals surface area contributed by atoms with Crippen LogP contribution in [0.2, 0.25) is 0 Å². The molecule has 0 saturated carbocycles. The summed E-state index contributed by atoms with van der Waals surface area (Å²) in [6.45, 7) is 7.96. The van der Waals surface area contributed by atoms with Gasteiger partial charge in [0.25, 0.3) is 0 Å². The Morgan fingerprint density at radius 2 is 2.04 bits per heavy atom. The molecule has 1 aromatic carbocycles. The monoisotopic (exact) mass is 330 g/mol. The van der Waals surface area contributed by atoms with Gasteiger partial charge < -0.3 is 15.1 Å². The summed E-state index contributed by atoms with van der Waals surface area (Å²) in [5.41, 5.74) is 3.07. The van der Waals surface area contributed by atoms with E-state index in [1.54, 1.807) is 11.8 Å². The smallest absolute Gasteiger partial charge is 0.230 e. The van der Waals surface area contributed by atoms with Crippen LogP contribution >= 0.6 is 11.8 Å². The van der Waals surface area contributed by atoms with E-state index < -0.39 is 0 Å². The van der Waals surface area contributed by atoms with Gasteiger partial charge in [-0.2, -0.15) is 0 Å². The molecule has 122 valence electrons. The molecule has 1 aromatic rings. The molecule has 0 saturated heterocycles. The van der Waals surface area contributed by atoms with E-state index in [2.05, 4.69) is 46.1 Å². The first-order valence-corrected chi connectivity index (χ1v) is 8.91. The highest BCUT2D eigenvalue weighted by atomic mass is 32.2. The lowest BCUT2D eigenvalue weighted by Gasteiger charge is -2.21. The summed E-state index contributed by atoms with van der Waals surface area (Å²) in [4.78, 5) is 21.1. The van der Waals surface area contributed by atoms with Crippen molar-refractivity contribution in [2.24, 2.45) is 4.99 Å². The van der Waals surface area contributed by atoms with Crippen molar-refractivity contribution in [3.05, 3.63) is 35.4 Å². The topological polar surface area (TPSA) is 47.9 Å². The van der Waals surface area contributed by atoms with E-state index in [9.17, 15) is 4.79 Å². The molecule has 1 amide bonds. The molecule has 6 heteroatoms. The Morgan fingerprint density at radius 3 is 2.74 bits per heavy atom. The molecule has 0 bridgehead atoms. The van der Waals surface area contributed by atoms with Gasteiger partial charge in [0, 0.05) is 36.7 Å². The molecule has 0 atom stereocenters. The Balaban J connectivity index is 1.57. The summed E-state index contributed by atoms with van der Waals surface area (Å²) in [5, 5.41) is 6.03. The third-order valence-corrected chi connectivity index (χ3v) is 5.02. The van der Waals surface area contributed by atoms with Gasteiger partial charge in [-0.15, -0.1) is 0 Å². The number of amidine groups is 1. The second kappa shape index (κ2) is 7.08. The highest BCUT2D eigenvalue weighted by molar-refractivity contribution is 8.16. The van der Waals surface area contributed by atoms with Crippen molar-refractivity contribution in [2.75, 3.05) is 36.4 Å². The zero-order chi connectivity index (χ0) is 16.2. The third-order valence-electron chi connectivity index (χ3n) is 4.07. The SMILES string of the molecule is CCN(CC)c1ccc(NC(=O)CC2=CSC3=NCCN23)cc1. The van der Waals surface area contributed by atoms with Crippen LogP contribution in [0.1, 0.15) is 20.3 Å². The van der Waals surface area contributed by atoms with Gasteiger partial charge in [0.15, 0.2) is 5.17 Å². The number of benzene rings is 1. The van der Waals surface area contributed by atoms with Gasteiger partial charge in [-0.3, -0.25) is 9.79 Å². The molecule has 3 rings (SSSR count). The number of carbonyl (C=O) groups excluding carboxylic acids is 1. The number of amides is 1. The predicted octanol–water partition coefficient (Wildman–Crippen LogP) is 3.12. The van der Waals surface area contributed by atoms with E-state index in [1.807, 2.05) is 17.5 Å². The van der Waals surface area contributed by atoms with Crippen molar-refractivity contribution in [1.29, 1.82) is 0 Å². The van der Waals surface area contributed by atoms with E-state index >= 15 is 0 Å². The summed E-state index contributed by atoms with van der Waals surface area (Å²) >= 11 is 1.61. The zero-order valence-electron chi connectivity index (χ0n) is 13.6. The normalized spacial score (nSPS) is 16.0. The van der Waals surface area contributed by atoms with Gasteiger partial charge in [0.2, 0.25) is 5.91 Å². The first-order valence-electron chi connectivity index (χ1n) is 8.03. The standard InChI is InChI=1S/C17H22N4OS/c1-3-20(4-2)14-7-5-13(6-8-14)19-16(22)11-15-12-23-17-18-9-10-21(15)17/h5-8,12H,3-4,9-11H2,1-2H3,(H,19,22). The number of nitrogens with one attached hydrogen (secondary N) is 1. The largest absolute Gasteiger partial charge is 0.372 e. The summed E-state index contributed by atoms with van der Waals surface area (Å²) in [6, 6.07) is 8.04. The molecule has 0 fully saturated rings. The lowest BCUT2D eigenvalue weighted by atomic mass is 10.2. The van der Waals surface area contributed by atoms with Crippen LogP contribution in [0.25, 0.3) is 0 Å². The lowest BCUT2D eigenvalue weighted by molar-refractivity contribution is -0.115. The molecule has 0 aromatic heterocycles. The molecule has 0 spiro atoms. The van der Waals surface area contributed by atoms with Crippen LogP contribution in [0, 0.1) is 0 Å². The molecule has 0 radical (unpaired) electrons. The molecule has 23 heavy (non-hydrogen) atoms. The Bertz CT molecular complexity index is 634. The zero-order valence-corrected chi connectivity index (χ0v) is 14.4. The Labute approximate surface area is 141 Å². The number of fused-ring (bicyclic) bond motifs is 1. The maximum atomic E-state index is 12.2. The minimum atomic E-state index is 0.0144. The van der Waals surface area contributed by atoms with Crippen LogP contribution in [0.5, 0.6) is 0 Å². The van der Waals surface area contributed by atoms with Crippen LogP contribution in [0.4, 0.5) is 11.4 Å². The molecular weight excluding hydrogens is 308 g/mol. The van der Waals surface area contributed by atoms with Gasteiger partial charge >= 0.3 is 0 Å². The van der Waals surface area contributed by atoms with Crippen molar-refractivity contribution >= 4 is 34.2 Å². The fourth-order valence-electron chi connectivity index (χ4n) is 2.83. The van der Waals surface area contributed by atoms with Gasteiger partial charge in [-0.05, 0) is 43.5 Å². The van der Waals surface area contributed by atoms with Gasteiger partial charge in [-0.25, -0.2) is 0 Å². The van der Waals surface area contributed by atoms with E-state index in [-0.39, 0.29) is 5.91 Å². The Kier molecular flexibility index (Phi) is 4.91. The second-order valence-corrected chi connectivity index (χ2v) is 6.32. The molecule has 0 unspecified atom stereocenters. The van der Waals surface area contributed by atoms with Crippen LogP contribution in [0.15, 0.2) is 40.4 Å². The van der Waals surface area contributed by atoms with E-state index in [0.717, 1.165) is 42.7 Å². The molecular formula is C17H22N4OS. The van der Waals surface area contributed by atoms with E-state index in [0.29, 0.717) is 6.42 Å². The average molecular weight is 330 g/mol. The minimum absolute atomic E-state index is 0.0144. The van der Waals surface area contributed by atoms with Gasteiger partial charge in [-0.1, -0.05) is 11.8 Å². The fraction of sp³-hybridized carbons (Fsp3) is 0.412. The van der Waals surface area contributed by atoms with Crippen LogP contribution < -0.4 is 10.2 Å². The number of hydrogen-bond donors (Lipinski definition) is 1. The summed E-state index contributed by atoms with van der Waals surface area (Å²) < 4.78 is 0. The summed E-state index contributed by atoms with van der Waals surface area (Å²) in [7, 11) is 0. The number of hydrogen-bond acceptors (Lipinski definition) is 5. The Morgan fingerprint density at radius 1 is 1.30 bits per heavy atom. The van der Waals surface area contributed by atoms with E-state index in [4.69, 9.17) is 0 Å². The molecule has 2 heterocycles. The molecule has 0 aliphatic carbocycles. The maximum absolute atomic E-state index is 12.2. The van der Waals surface area contributed by atoms with E-state index in [1.165, 1.54) is 5.69 Å². The summed E-state index contributed by atoms with van der Waals surface area (Å²) in [5.74, 6) is 0.0144. The van der Waals surface area contributed by atoms with Crippen LogP contribution in [0.3, 0.4) is 0 Å². The lowest BCUT2D eigenvalue weighted by Crippen LogP contribution is -2.24. The number of nitrogens with zero attached hydrogens (tertiary/aromatic N) is 3. The quantitative estimate of drug-likeness (QED) is 0.870. The third kappa shape index (κ3) is 3.52. The molecule has 1 N–H and O–H groups in total. The van der Waals surface area contributed by atoms with Crippen molar-refractivity contribution in [3.8, 4) is 0 Å². The minimum Gasteiger partial charge on any atom is -0.372 e. The van der Waals surface area contributed by atoms with Crippen molar-refractivity contribution in [3.63, 3.8) is 0 Å². The Hall–Kier alpha value is -1.95. The van der Waals surface area contributed by atoms with Gasteiger partial charge in [0.1, 0.15) is 0 Å². The highest BCUT2D eigenvalue weighted by Gasteiger charge is 2.27. The molecule has 2 aliphatic rings.